The Hall–Kier alpha value is -2.68. The largest absolute Gasteiger partial charge is 0.463 e. The van der Waals surface area contributed by atoms with Crippen LogP contribution in [-0.2, 0) is 38.1 Å². The van der Waals surface area contributed by atoms with Gasteiger partial charge >= 0.3 is 23.9 Å². The van der Waals surface area contributed by atoms with E-state index in [2.05, 4.69) is 4.90 Å². The lowest BCUT2D eigenvalue weighted by Gasteiger charge is -2.33. The van der Waals surface area contributed by atoms with Gasteiger partial charge in [-0.05, 0) is 52.7 Å². The topological polar surface area (TPSA) is 108 Å². The van der Waals surface area contributed by atoms with Gasteiger partial charge in [-0.2, -0.15) is 0 Å². The summed E-state index contributed by atoms with van der Waals surface area (Å²) in [4.78, 5) is 49.0. The molecule has 0 saturated carbocycles. The van der Waals surface area contributed by atoms with E-state index in [4.69, 9.17) is 18.9 Å². The molecule has 1 rings (SSSR count). The van der Waals surface area contributed by atoms with Crippen LogP contribution in [0, 0.1) is 5.41 Å². The van der Waals surface area contributed by atoms with Gasteiger partial charge in [0.25, 0.3) is 0 Å². The monoisotopic (exact) mass is 453 g/mol. The minimum atomic E-state index is -0.684. The summed E-state index contributed by atoms with van der Waals surface area (Å²) in [6.07, 6.45) is 8.21. The van der Waals surface area contributed by atoms with Crippen LogP contribution in [0.5, 0.6) is 0 Å². The van der Waals surface area contributed by atoms with Crippen molar-refractivity contribution in [3.63, 3.8) is 0 Å². The zero-order valence-corrected chi connectivity index (χ0v) is 19.3. The highest BCUT2D eigenvalue weighted by molar-refractivity contribution is 5.92. The molecule has 32 heavy (non-hydrogen) atoms. The molecule has 0 spiro atoms. The van der Waals surface area contributed by atoms with E-state index in [0.29, 0.717) is 6.42 Å². The van der Waals surface area contributed by atoms with Gasteiger partial charge in [-0.3, -0.25) is 0 Å². The molecule has 1 aliphatic rings. The van der Waals surface area contributed by atoms with Crippen molar-refractivity contribution in [2.45, 2.75) is 46.5 Å². The van der Waals surface area contributed by atoms with Gasteiger partial charge in [-0.15, -0.1) is 0 Å². The first-order valence-electron chi connectivity index (χ1n) is 11.0. The molecule has 0 aromatic rings. The Balaban J connectivity index is 2.66. The van der Waals surface area contributed by atoms with Crippen molar-refractivity contribution >= 4 is 23.9 Å². The molecule has 0 aromatic carbocycles. The number of carbonyl (C=O) groups excluding carboxylic acids is 4. The Morgan fingerprint density at radius 2 is 1.12 bits per heavy atom. The number of carbonyl (C=O) groups is 4. The molecule has 180 valence electrons. The van der Waals surface area contributed by atoms with Crippen LogP contribution in [0.1, 0.15) is 46.5 Å². The van der Waals surface area contributed by atoms with Gasteiger partial charge < -0.3 is 23.8 Å². The lowest BCUT2D eigenvalue weighted by atomic mass is 9.88. The van der Waals surface area contributed by atoms with E-state index in [1.807, 2.05) is 6.92 Å². The lowest BCUT2D eigenvalue weighted by Crippen LogP contribution is -2.38. The quantitative estimate of drug-likeness (QED) is 0.235. The summed E-state index contributed by atoms with van der Waals surface area (Å²) in [5, 5.41) is 0. The third kappa shape index (κ3) is 12.2. The molecular formula is C23H35NO8. The maximum atomic E-state index is 12.0. The SMILES string of the molecule is CCOC(=O)/C=C/C(=O)OCC(C)(CCN1CCCCC1)COC(=O)/C=C/C(=O)OCC. The maximum Gasteiger partial charge on any atom is 0.331 e. The van der Waals surface area contributed by atoms with Gasteiger partial charge in [-0.25, -0.2) is 19.2 Å². The molecule has 0 bridgehead atoms. The Morgan fingerprint density at radius 1 is 0.719 bits per heavy atom. The van der Waals surface area contributed by atoms with E-state index in [-0.39, 0.29) is 26.4 Å². The van der Waals surface area contributed by atoms with Gasteiger partial charge in [-0.1, -0.05) is 13.3 Å². The first-order valence-corrected chi connectivity index (χ1v) is 11.0. The first-order chi connectivity index (χ1) is 15.3. The molecule has 0 aliphatic carbocycles. The molecule has 0 atom stereocenters. The van der Waals surface area contributed by atoms with Crippen LogP contribution in [0.15, 0.2) is 24.3 Å². The number of piperidine rings is 1. The molecule has 1 fully saturated rings. The van der Waals surface area contributed by atoms with Crippen LogP contribution in [0.25, 0.3) is 0 Å². The van der Waals surface area contributed by atoms with E-state index in [1.54, 1.807) is 13.8 Å². The number of hydrogen-bond acceptors (Lipinski definition) is 9. The van der Waals surface area contributed by atoms with Gasteiger partial charge in [0.15, 0.2) is 0 Å². The predicted molar refractivity (Wildman–Crippen MR) is 116 cm³/mol. The molecule has 0 unspecified atom stereocenters. The van der Waals surface area contributed by atoms with E-state index >= 15 is 0 Å². The minimum Gasteiger partial charge on any atom is -0.463 e. The standard InChI is InChI=1S/C23H35NO8/c1-4-29-19(25)9-11-21(27)31-17-23(3,13-16-24-14-7-6-8-15-24)18-32-22(28)12-10-20(26)30-5-2/h9-12H,4-8,13-18H2,1-3H3/b11-9+,12-10+. The van der Waals surface area contributed by atoms with Crippen molar-refractivity contribution in [2.24, 2.45) is 5.41 Å². The zero-order valence-electron chi connectivity index (χ0n) is 19.3. The van der Waals surface area contributed by atoms with Gasteiger partial charge in [0.2, 0.25) is 0 Å². The smallest absolute Gasteiger partial charge is 0.331 e. The fourth-order valence-corrected chi connectivity index (χ4v) is 3.04. The Kier molecular flexibility index (Phi) is 13.0. The number of hydrogen-bond donors (Lipinski definition) is 0. The van der Waals surface area contributed by atoms with Gasteiger partial charge in [0, 0.05) is 29.7 Å². The summed E-state index contributed by atoms with van der Waals surface area (Å²) < 4.78 is 20.1. The second-order valence-corrected chi connectivity index (χ2v) is 7.85. The molecule has 1 saturated heterocycles. The number of rotatable bonds is 13. The van der Waals surface area contributed by atoms with Crippen molar-refractivity contribution in [1.82, 2.24) is 4.90 Å². The number of likely N-dealkylation sites (tertiary alicyclic amines) is 1. The van der Waals surface area contributed by atoms with E-state index < -0.39 is 29.3 Å². The molecule has 0 radical (unpaired) electrons. The normalized spacial score (nSPS) is 15.0. The zero-order chi connectivity index (χ0) is 23.8. The van der Waals surface area contributed by atoms with Crippen molar-refractivity contribution in [2.75, 3.05) is 46.1 Å². The average molecular weight is 454 g/mol. The molecule has 0 aromatic heterocycles. The Labute approximate surface area is 189 Å². The highest BCUT2D eigenvalue weighted by Crippen LogP contribution is 2.24. The minimum absolute atomic E-state index is 0.00170. The average Bonchev–Trinajstić information content (AvgIpc) is 2.79. The molecule has 0 amide bonds. The second-order valence-electron chi connectivity index (χ2n) is 7.85. The fraction of sp³-hybridized carbons (Fsp3) is 0.652. The summed E-state index contributed by atoms with van der Waals surface area (Å²) in [6, 6.07) is 0. The van der Waals surface area contributed by atoms with E-state index in [1.165, 1.54) is 6.42 Å². The molecule has 0 N–H and O–H groups in total. The van der Waals surface area contributed by atoms with Crippen molar-refractivity contribution < 1.29 is 38.1 Å². The molecular weight excluding hydrogens is 418 g/mol. The third-order valence-corrected chi connectivity index (χ3v) is 4.89. The summed E-state index contributed by atoms with van der Waals surface area (Å²) in [5.74, 6) is -2.62. The second kappa shape index (κ2) is 15.2. The lowest BCUT2D eigenvalue weighted by molar-refractivity contribution is -0.148. The molecule has 9 heteroatoms. The van der Waals surface area contributed by atoms with Crippen LogP contribution >= 0.6 is 0 Å². The highest BCUT2D eigenvalue weighted by Gasteiger charge is 2.29. The van der Waals surface area contributed by atoms with E-state index in [0.717, 1.165) is 56.8 Å². The van der Waals surface area contributed by atoms with Gasteiger partial charge in [0.1, 0.15) is 13.2 Å². The van der Waals surface area contributed by atoms with Crippen LogP contribution in [-0.4, -0.2) is 74.8 Å². The maximum absolute atomic E-state index is 12.0. The molecule has 1 heterocycles. The van der Waals surface area contributed by atoms with Crippen molar-refractivity contribution in [3.05, 3.63) is 24.3 Å². The highest BCUT2D eigenvalue weighted by atomic mass is 16.6. The molecule has 1 aliphatic heterocycles. The number of esters is 4. The van der Waals surface area contributed by atoms with E-state index in [9.17, 15) is 19.2 Å². The fourth-order valence-electron chi connectivity index (χ4n) is 3.04. The van der Waals surface area contributed by atoms with Crippen LogP contribution < -0.4 is 0 Å². The summed E-state index contributed by atoms with van der Waals surface area (Å²) in [5.41, 5.74) is -0.641. The number of ether oxygens (including phenoxy) is 4. The van der Waals surface area contributed by atoms with Crippen molar-refractivity contribution in [3.8, 4) is 0 Å². The third-order valence-electron chi connectivity index (χ3n) is 4.89. The van der Waals surface area contributed by atoms with Crippen LogP contribution in [0.4, 0.5) is 0 Å². The first kappa shape index (κ1) is 27.4. The Morgan fingerprint density at radius 3 is 1.53 bits per heavy atom. The number of nitrogens with zero attached hydrogens (tertiary/aromatic N) is 1. The summed E-state index contributed by atoms with van der Waals surface area (Å²) >= 11 is 0. The Bertz CT molecular complexity index is 635. The van der Waals surface area contributed by atoms with Crippen LogP contribution in [0.2, 0.25) is 0 Å². The summed E-state index contributed by atoms with van der Waals surface area (Å²) in [7, 11) is 0. The molecule has 9 nitrogen and oxygen atoms in total. The predicted octanol–water partition coefficient (Wildman–Crippen LogP) is 2.19. The van der Waals surface area contributed by atoms with Crippen molar-refractivity contribution in [1.29, 1.82) is 0 Å². The summed E-state index contributed by atoms with van der Waals surface area (Å²) in [6.45, 7) is 8.43. The van der Waals surface area contributed by atoms with Gasteiger partial charge in [0.05, 0.1) is 13.2 Å². The van der Waals surface area contributed by atoms with Crippen LogP contribution in [0.3, 0.4) is 0 Å².